The minimum Gasteiger partial charge on any atom is -0.356 e. The average Bonchev–Trinajstić information content (AvgIpc) is 3.05. The fourth-order valence-electron chi connectivity index (χ4n) is 2.71. The number of nitrogens with zero attached hydrogens (tertiary/aromatic N) is 2. The van der Waals surface area contributed by atoms with E-state index < -0.39 is 0 Å². The van der Waals surface area contributed by atoms with Crippen LogP contribution in [0.3, 0.4) is 0 Å². The van der Waals surface area contributed by atoms with Crippen LogP contribution in [0.2, 0.25) is 5.02 Å². The average molecular weight is 451 g/mol. The molecule has 0 unspecified atom stereocenters. The van der Waals surface area contributed by atoms with Gasteiger partial charge in [-0.3, -0.25) is 4.99 Å². The highest BCUT2D eigenvalue weighted by Crippen LogP contribution is 2.14. The zero-order valence-corrected chi connectivity index (χ0v) is 16.9. The van der Waals surface area contributed by atoms with Gasteiger partial charge in [0.25, 0.3) is 0 Å². The molecule has 0 aliphatic carbocycles. The molecule has 0 bridgehead atoms. The molecule has 1 saturated heterocycles. The van der Waals surface area contributed by atoms with Gasteiger partial charge in [0.1, 0.15) is 0 Å². The standard InChI is InChI=1S/C17H27ClN4.HI/c1-19-17(21-14-15-8-2-3-9-16(15)18)20-10-4-5-11-22-12-6-7-13-22;/h2-3,8-9H,4-7,10-14H2,1H3,(H2,19,20,21);1H. The molecule has 2 rings (SSSR count). The van der Waals surface area contributed by atoms with Gasteiger partial charge >= 0.3 is 0 Å². The summed E-state index contributed by atoms with van der Waals surface area (Å²) < 4.78 is 0. The fraction of sp³-hybridized carbons (Fsp3) is 0.588. The summed E-state index contributed by atoms with van der Waals surface area (Å²) in [5, 5.41) is 7.45. The van der Waals surface area contributed by atoms with Crippen molar-refractivity contribution in [2.75, 3.05) is 33.2 Å². The van der Waals surface area contributed by atoms with Crippen LogP contribution < -0.4 is 10.6 Å². The lowest BCUT2D eigenvalue weighted by Crippen LogP contribution is -2.37. The van der Waals surface area contributed by atoms with Gasteiger partial charge in [0.15, 0.2) is 5.96 Å². The summed E-state index contributed by atoms with van der Waals surface area (Å²) in [6.45, 7) is 5.44. The van der Waals surface area contributed by atoms with E-state index in [1.54, 1.807) is 7.05 Å². The lowest BCUT2D eigenvalue weighted by atomic mass is 10.2. The third-order valence-corrected chi connectivity index (χ3v) is 4.39. The second-order valence-corrected chi connectivity index (χ2v) is 6.11. The molecule has 0 radical (unpaired) electrons. The highest BCUT2D eigenvalue weighted by Gasteiger charge is 2.10. The quantitative estimate of drug-likeness (QED) is 0.289. The first-order valence-corrected chi connectivity index (χ1v) is 8.57. The molecule has 0 spiro atoms. The Labute approximate surface area is 162 Å². The molecule has 6 heteroatoms. The Morgan fingerprint density at radius 3 is 2.61 bits per heavy atom. The molecule has 1 aliphatic heterocycles. The number of benzene rings is 1. The number of hydrogen-bond acceptors (Lipinski definition) is 2. The van der Waals surface area contributed by atoms with Crippen LogP contribution in [0.4, 0.5) is 0 Å². The molecule has 1 aromatic rings. The van der Waals surface area contributed by atoms with Crippen LogP contribution in [0, 0.1) is 0 Å². The van der Waals surface area contributed by atoms with Gasteiger partial charge in [-0.05, 0) is 56.9 Å². The number of rotatable bonds is 7. The lowest BCUT2D eigenvalue weighted by molar-refractivity contribution is 0.330. The van der Waals surface area contributed by atoms with Crippen molar-refractivity contribution in [3.8, 4) is 0 Å². The first kappa shape index (κ1) is 20.5. The zero-order valence-electron chi connectivity index (χ0n) is 13.9. The van der Waals surface area contributed by atoms with Crippen LogP contribution in [0.15, 0.2) is 29.3 Å². The fourth-order valence-corrected chi connectivity index (χ4v) is 2.92. The second kappa shape index (κ2) is 11.9. The Balaban J connectivity index is 0.00000264. The smallest absolute Gasteiger partial charge is 0.191 e. The molecule has 1 aliphatic rings. The molecule has 0 aromatic heterocycles. The number of halogens is 2. The van der Waals surface area contributed by atoms with Gasteiger partial charge in [0, 0.05) is 25.2 Å². The largest absolute Gasteiger partial charge is 0.356 e. The van der Waals surface area contributed by atoms with Gasteiger partial charge in [-0.25, -0.2) is 0 Å². The third kappa shape index (κ3) is 7.72. The number of aliphatic imine (C=N–C) groups is 1. The van der Waals surface area contributed by atoms with Crippen molar-refractivity contribution >= 4 is 41.5 Å². The van der Waals surface area contributed by atoms with E-state index in [1.165, 1.54) is 45.3 Å². The molecule has 1 fully saturated rings. The minimum absolute atomic E-state index is 0. The lowest BCUT2D eigenvalue weighted by Gasteiger charge is -2.15. The number of guanidine groups is 1. The topological polar surface area (TPSA) is 39.7 Å². The monoisotopic (exact) mass is 450 g/mol. The molecular weight excluding hydrogens is 423 g/mol. The molecule has 23 heavy (non-hydrogen) atoms. The van der Waals surface area contributed by atoms with E-state index in [4.69, 9.17) is 11.6 Å². The molecular formula is C17H28ClIN4. The summed E-state index contributed by atoms with van der Waals surface area (Å²) in [7, 11) is 1.80. The van der Waals surface area contributed by atoms with E-state index in [-0.39, 0.29) is 24.0 Å². The van der Waals surface area contributed by atoms with Crippen LogP contribution in [0.25, 0.3) is 0 Å². The minimum atomic E-state index is 0. The van der Waals surface area contributed by atoms with Crippen molar-refractivity contribution in [1.82, 2.24) is 15.5 Å². The van der Waals surface area contributed by atoms with Gasteiger partial charge in [-0.1, -0.05) is 29.8 Å². The molecule has 0 amide bonds. The van der Waals surface area contributed by atoms with Crippen LogP contribution in [0.1, 0.15) is 31.2 Å². The van der Waals surface area contributed by atoms with Crippen LogP contribution in [-0.2, 0) is 6.54 Å². The Bertz CT molecular complexity index is 475. The van der Waals surface area contributed by atoms with Crippen molar-refractivity contribution < 1.29 is 0 Å². The number of unbranched alkanes of at least 4 members (excludes halogenated alkanes) is 1. The van der Waals surface area contributed by atoms with Crippen molar-refractivity contribution in [2.24, 2.45) is 4.99 Å². The van der Waals surface area contributed by atoms with Crippen molar-refractivity contribution in [2.45, 2.75) is 32.2 Å². The second-order valence-electron chi connectivity index (χ2n) is 5.70. The normalized spacial score (nSPS) is 15.3. The van der Waals surface area contributed by atoms with Gasteiger partial charge in [-0.15, -0.1) is 24.0 Å². The number of nitrogens with one attached hydrogen (secondary N) is 2. The van der Waals surface area contributed by atoms with Crippen LogP contribution in [0.5, 0.6) is 0 Å². The van der Waals surface area contributed by atoms with E-state index >= 15 is 0 Å². The Morgan fingerprint density at radius 1 is 1.17 bits per heavy atom. The van der Waals surface area contributed by atoms with Crippen LogP contribution in [-0.4, -0.2) is 44.1 Å². The van der Waals surface area contributed by atoms with E-state index in [9.17, 15) is 0 Å². The van der Waals surface area contributed by atoms with Crippen molar-refractivity contribution in [3.63, 3.8) is 0 Å². The van der Waals surface area contributed by atoms with Crippen molar-refractivity contribution in [1.29, 1.82) is 0 Å². The first-order valence-electron chi connectivity index (χ1n) is 8.20. The zero-order chi connectivity index (χ0) is 15.6. The molecule has 0 atom stereocenters. The van der Waals surface area contributed by atoms with E-state index in [0.29, 0.717) is 6.54 Å². The third-order valence-electron chi connectivity index (χ3n) is 4.02. The van der Waals surface area contributed by atoms with Crippen LogP contribution >= 0.6 is 35.6 Å². The molecule has 1 heterocycles. The maximum Gasteiger partial charge on any atom is 0.191 e. The summed E-state index contributed by atoms with van der Waals surface area (Å²) in [4.78, 5) is 6.81. The SMILES string of the molecule is CN=C(NCCCCN1CCCC1)NCc1ccccc1Cl.I. The highest BCUT2D eigenvalue weighted by atomic mass is 127. The van der Waals surface area contributed by atoms with Gasteiger partial charge in [-0.2, -0.15) is 0 Å². The summed E-state index contributed by atoms with van der Waals surface area (Å²) in [6, 6.07) is 7.88. The summed E-state index contributed by atoms with van der Waals surface area (Å²) >= 11 is 6.15. The van der Waals surface area contributed by atoms with E-state index in [0.717, 1.165) is 23.1 Å². The summed E-state index contributed by atoms with van der Waals surface area (Å²) in [6.07, 6.45) is 5.16. The number of hydrogen-bond donors (Lipinski definition) is 2. The van der Waals surface area contributed by atoms with Crippen molar-refractivity contribution in [3.05, 3.63) is 34.9 Å². The maximum atomic E-state index is 6.15. The molecule has 130 valence electrons. The van der Waals surface area contributed by atoms with Gasteiger partial charge in [0.2, 0.25) is 0 Å². The Hall–Kier alpha value is -0.530. The molecule has 0 saturated carbocycles. The predicted octanol–water partition coefficient (Wildman–Crippen LogP) is 3.50. The Kier molecular flexibility index (Phi) is 10.6. The van der Waals surface area contributed by atoms with E-state index in [1.807, 2.05) is 24.3 Å². The van der Waals surface area contributed by atoms with Gasteiger partial charge < -0.3 is 15.5 Å². The predicted molar refractivity (Wildman–Crippen MR) is 110 cm³/mol. The number of likely N-dealkylation sites (tertiary alicyclic amines) is 1. The first-order chi connectivity index (χ1) is 10.8. The van der Waals surface area contributed by atoms with Gasteiger partial charge in [0.05, 0.1) is 0 Å². The maximum absolute atomic E-state index is 6.15. The van der Waals surface area contributed by atoms with E-state index in [2.05, 4.69) is 20.5 Å². The molecule has 4 nitrogen and oxygen atoms in total. The Morgan fingerprint density at radius 2 is 1.91 bits per heavy atom. The molecule has 2 N–H and O–H groups in total. The summed E-state index contributed by atoms with van der Waals surface area (Å²) in [5.41, 5.74) is 1.08. The summed E-state index contributed by atoms with van der Waals surface area (Å²) in [5.74, 6) is 0.834. The highest BCUT2D eigenvalue weighted by molar-refractivity contribution is 14.0. The molecule has 1 aromatic carbocycles.